The summed E-state index contributed by atoms with van der Waals surface area (Å²) in [5, 5.41) is 0. The van der Waals surface area contributed by atoms with Gasteiger partial charge in [0.15, 0.2) is 0 Å². The number of allylic oxidation sites excluding steroid dienone is 3. The lowest BCUT2D eigenvalue weighted by Crippen LogP contribution is -2.16. The fourth-order valence-corrected chi connectivity index (χ4v) is 2.15. The molecule has 98 valence electrons. The van der Waals surface area contributed by atoms with Gasteiger partial charge in [-0.1, -0.05) is 23.3 Å². The molecule has 0 spiro atoms. The van der Waals surface area contributed by atoms with Gasteiger partial charge >= 0.3 is 5.97 Å². The van der Waals surface area contributed by atoms with Crippen LogP contribution in [0.1, 0.15) is 40.0 Å². The Labute approximate surface area is 108 Å². The number of ether oxygens (including phenoxy) is 2. The second-order valence-electron chi connectivity index (χ2n) is 5.05. The average Bonchev–Trinajstić information content (AvgIpc) is 2.59. The Bertz CT molecular complexity index is 441. The minimum Gasteiger partial charge on any atom is -0.428 e. The Morgan fingerprint density at radius 3 is 2.72 bits per heavy atom. The van der Waals surface area contributed by atoms with Gasteiger partial charge < -0.3 is 9.47 Å². The summed E-state index contributed by atoms with van der Waals surface area (Å²) in [5.41, 5.74) is 4.16. The highest BCUT2D eigenvalue weighted by atomic mass is 16.7. The predicted octanol–water partition coefficient (Wildman–Crippen LogP) is 3.28. The van der Waals surface area contributed by atoms with Crippen LogP contribution in [0.2, 0.25) is 0 Å². The summed E-state index contributed by atoms with van der Waals surface area (Å²) in [6, 6.07) is 0. The molecule has 1 unspecified atom stereocenters. The van der Waals surface area contributed by atoms with Crippen LogP contribution in [-0.2, 0) is 14.3 Å². The van der Waals surface area contributed by atoms with E-state index in [0.29, 0.717) is 13.0 Å². The number of rotatable bonds is 0. The predicted molar refractivity (Wildman–Crippen MR) is 69.9 cm³/mol. The molecule has 2 aliphatic rings. The zero-order valence-electron chi connectivity index (χ0n) is 11.3. The van der Waals surface area contributed by atoms with Crippen molar-refractivity contribution in [3.63, 3.8) is 0 Å². The van der Waals surface area contributed by atoms with E-state index in [1.54, 1.807) is 0 Å². The molecule has 2 heterocycles. The topological polar surface area (TPSA) is 35.5 Å². The molecular weight excluding hydrogens is 228 g/mol. The van der Waals surface area contributed by atoms with Gasteiger partial charge in [0.2, 0.25) is 6.29 Å². The summed E-state index contributed by atoms with van der Waals surface area (Å²) in [7, 11) is 0. The van der Waals surface area contributed by atoms with Crippen molar-refractivity contribution in [3.8, 4) is 0 Å². The van der Waals surface area contributed by atoms with Crippen molar-refractivity contribution in [2.75, 3.05) is 6.61 Å². The number of fused-ring (bicyclic) bond motifs is 1. The first-order valence-electron chi connectivity index (χ1n) is 6.41. The van der Waals surface area contributed by atoms with E-state index in [2.05, 4.69) is 19.1 Å². The molecule has 1 atom stereocenters. The standard InChI is InChI=1S/C15H20O3/c1-10-5-4-6-11(2)9-17-15-12(3)13(8-7-10)14(16)18-15/h6-7,15H,4-5,8-9H2,1-3H3. The summed E-state index contributed by atoms with van der Waals surface area (Å²) < 4.78 is 10.9. The van der Waals surface area contributed by atoms with Gasteiger partial charge in [0.25, 0.3) is 0 Å². The Hall–Kier alpha value is -1.35. The Balaban J connectivity index is 2.24. The smallest absolute Gasteiger partial charge is 0.337 e. The Morgan fingerprint density at radius 1 is 1.17 bits per heavy atom. The lowest BCUT2D eigenvalue weighted by atomic mass is 10.0. The molecule has 0 amide bonds. The van der Waals surface area contributed by atoms with Crippen LogP contribution in [-0.4, -0.2) is 18.9 Å². The SMILES string of the molecule is CC1=CCC2=C(C)C(OCC(C)=CCC1)OC2=O. The molecule has 0 aromatic rings. The van der Waals surface area contributed by atoms with E-state index < -0.39 is 6.29 Å². The highest BCUT2D eigenvalue weighted by molar-refractivity contribution is 5.92. The molecule has 0 aromatic heterocycles. The number of carbonyl (C=O) groups excluding carboxylic acids is 1. The number of carbonyl (C=O) groups is 1. The van der Waals surface area contributed by atoms with Crippen molar-refractivity contribution in [3.05, 3.63) is 34.4 Å². The maximum absolute atomic E-state index is 11.8. The largest absolute Gasteiger partial charge is 0.428 e. The fraction of sp³-hybridized carbons (Fsp3) is 0.533. The molecule has 0 aliphatic carbocycles. The van der Waals surface area contributed by atoms with Crippen molar-refractivity contribution < 1.29 is 14.3 Å². The van der Waals surface area contributed by atoms with Crippen LogP contribution in [0.5, 0.6) is 0 Å². The molecule has 0 saturated heterocycles. The molecular formula is C15H20O3. The minimum absolute atomic E-state index is 0.234. The van der Waals surface area contributed by atoms with E-state index in [9.17, 15) is 4.79 Å². The fourth-order valence-electron chi connectivity index (χ4n) is 2.15. The second kappa shape index (κ2) is 5.53. The third kappa shape index (κ3) is 2.91. The van der Waals surface area contributed by atoms with E-state index in [1.165, 1.54) is 11.1 Å². The van der Waals surface area contributed by atoms with Gasteiger partial charge in [-0.2, -0.15) is 0 Å². The van der Waals surface area contributed by atoms with Crippen LogP contribution < -0.4 is 0 Å². The number of esters is 1. The van der Waals surface area contributed by atoms with Crippen LogP contribution in [0.3, 0.4) is 0 Å². The highest BCUT2D eigenvalue weighted by Crippen LogP contribution is 2.27. The monoisotopic (exact) mass is 248 g/mol. The zero-order chi connectivity index (χ0) is 13.1. The normalized spacial score (nSPS) is 25.9. The average molecular weight is 248 g/mol. The molecule has 0 radical (unpaired) electrons. The molecule has 3 heteroatoms. The van der Waals surface area contributed by atoms with Crippen LogP contribution in [0.4, 0.5) is 0 Å². The molecule has 0 fully saturated rings. The first kappa shape index (κ1) is 13.1. The van der Waals surface area contributed by atoms with Crippen LogP contribution in [0.25, 0.3) is 0 Å². The van der Waals surface area contributed by atoms with Crippen molar-refractivity contribution in [2.45, 2.75) is 46.3 Å². The third-order valence-corrected chi connectivity index (χ3v) is 3.44. The van der Waals surface area contributed by atoms with Gasteiger partial charge in [-0.15, -0.1) is 0 Å². The first-order chi connectivity index (χ1) is 8.58. The van der Waals surface area contributed by atoms with Gasteiger partial charge in [0.1, 0.15) is 0 Å². The molecule has 2 aliphatic heterocycles. The highest BCUT2D eigenvalue weighted by Gasteiger charge is 2.31. The minimum atomic E-state index is -0.496. The molecule has 0 N–H and O–H groups in total. The molecule has 2 bridgehead atoms. The molecule has 3 nitrogen and oxygen atoms in total. The Kier molecular flexibility index (Phi) is 4.02. The first-order valence-corrected chi connectivity index (χ1v) is 6.41. The van der Waals surface area contributed by atoms with E-state index >= 15 is 0 Å². The summed E-state index contributed by atoms with van der Waals surface area (Å²) >= 11 is 0. The lowest BCUT2D eigenvalue weighted by molar-refractivity contribution is -0.158. The summed E-state index contributed by atoms with van der Waals surface area (Å²) in [6.45, 7) is 6.59. The third-order valence-electron chi connectivity index (χ3n) is 3.44. The quantitative estimate of drug-likeness (QED) is 0.487. The number of hydrogen-bond donors (Lipinski definition) is 0. The van der Waals surface area contributed by atoms with Crippen LogP contribution in [0, 0.1) is 0 Å². The van der Waals surface area contributed by atoms with Crippen LogP contribution >= 0.6 is 0 Å². The van der Waals surface area contributed by atoms with Crippen molar-refractivity contribution in [1.82, 2.24) is 0 Å². The van der Waals surface area contributed by atoms with E-state index in [4.69, 9.17) is 9.47 Å². The van der Waals surface area contributed by atoms with Gasteiger partial charge in [-0.25, -0.2) is 4.79 Å². The summed E-state index contributed by atoms with van der Waals surface area (Å²) in [6.07, 6.45) is 6.52. The second-order valence-corrected chi connectivity index (χ2v) is 5.05. The van der Waals surface area contributed by atoms with Crippen molar-refractivity contribution >= 4 is 5.97 Å². The molecule has 2 rings (SSSR count). The van der Waals surface area contributed by atoms with Crippen LogP contribution in [0.15, 0.2) is 34.4 Å². The Morgan fingerprint density at radius 2 is 1.94 bits per heavy atom. The maximum Gasteiger partial charge on any atom is 0.337 e. The van der Waals surface area contributed by atoms with E-state index in [-0.39, 0.29) is 5.97 Å². The summed E-state index contributed by atoms with van der Waals surface area (Å²) in [5.74, 6) is -0.234. The zero-order valence-corrected chi connectivity index (χ0v) is 11.3. The van der Waals surface area contributed by atoms with E-state index in [1.807, 2.05) is 13.8 Å². The van der Waals surface area contributed by atoms with Crippen molar-refractivity contribution in [2.24, 2.45) is 0 Å². The number of hydrogen-bond acceptors (Lipinski definition) is 3. The van der Waals surface area contributed by atoms with Gasteiger partial charge in [0.05, 0.1) is 6.61 Å². The molecule has 18 heavy (non-hydrogen) atoms. The van der Waals surface area contributed by atoms with Gasteiger partial charge in [-0.3, -0.25) is 0 Å². The lowest BCUT2D eigenvalue weighted by Gasteiger charge is -2.13. The van der Waals surface area contributed by atoms with Crippen molar-refractivity contribution in [1.29, 1.82) is 0 Å². The van der Waals surface area contributed by atoms with Gasteiger partial charge in [-0.05, 0) is 40.0 Å². The molecule has 0 aromatic carbocycles. The van der Waals surface area contributed by atoms with Gasteiger partial charge in [0, 0.05) is 11.1 Å². The maximum atomic E-state index is 11.8. The summed E-state index contributed by atoms with van der Waals surface area (Å²) in [4.78, 5) is 11.8. The molecule has 0 saturated carbocycles. The van der Waals surface area contributed by atoms with E-state index in [0.717, 1.165) is 24.0 Å².